The van der Waals surface area contributed by atoms with E-state index in [0.717, 1.165) is 18.1 Å². The van der Waals surface area contributed by atoms with Gasteiger partial charge in [-0.2, -0.15) is 0 Å². The lowest BCUT2D eigenvalue weighted by atomic mass is 10.1. The normalized spacial score (nSPS) is 39.5. The molecule has 0 aromatic rings. The highest BCUT2D eigenvalue weighted by Crippen LogP contribution is 2.19. The Morgan fingerprint density at radius 2 is 1.83 bits per heavy atom. The SMILES string of the molecule is CNC1CCC(C)N(C)C(C)C1. The average Bonchev–Trinajstić information content (AvgIpc) is 2.19. The first-order chi connectivity index (χ1) is 5.65. The third kappa shape index (κ3) is 2.20. The lowest BCUT2D eigenvalue weighted by Gasteiger charge is -2.28. The van der Waals surface area contributed by atoms with Crippen LogP contribution in [0.4, 0.5) is 0 Å². The number of nitrogens with zero attached hydrogens (tertiary/aromatic N) is 1. The summed E-state index contributed by atoms with van der Waals surface area (Å²) in [4.78, 5) is 2.50. The van der Waals surface area contributed by atoms with Crippen LogP contribution in [0.25, 0.3) is 0 Å². The van der Waals surface area contributed by atoms with Crippen molar-refractivity contribution in [2.75, 3.05) is 14.1 Å². The molecule has 0 amide bonds. The summed E-state index contributed by atoms with van der Waals surface area (Å²) >= 11 is 0. The van der Waals surface area contributed by atoms with E-state index < -0.39 is 0 Å². The maximum Gasteiger partial charge on any atom is 0.00815 e. The van der Waals surface area contributed by atoms with Gasteiger partial charge in [0.1, 0.15) is 0 Å². The van der Waals surface area contributed by atoms with E-state index in [9.17, 15) is 0 Å². The van der Waals surface area contributed by atoms with Crippen LogP contribution < -0.4 is 5.32 Å². The van der Waals surface area contributed by atoms with Gasteiger partial charge >= 0.3 is 0 Å². The summed E-state index contributed by atoms with van der Waals surface area (Å²) in [5.74, 6) is 0. The Balaban J connectivity index is 2.53. The van der Waals surface area contributed by atoms with Crippen molar-refractivity contribution in [3.63, 3.8) is 0 Å². The van der Waals surface area contributed by atoms with Crippen molar-refractivity contribution in [3.8, 4) is 0 Å². The molecule has 3 unspecified atom stereocenters. The van der Waals surface area contributed by atoms with E-state index in [2.05, 4.69) is 38.2 Å². The molecule has 0 aromatic carbocycles. The highest BCUT2D eigenvalue weighted by Gasteiger charge is 2.23. The lowest BCUT2D eigenvalue weighted by molar-refractivity contribution is 0.197. The summed E-state index contributed by atoms with van der Waals surface area (Å²) < 4.78 is 0. The molecule has 0 bridgehead atoms. The molecule has 0 saturated carbocycles. The van der Waals surface area contributed by atoms with Gasteiger partial charge in [0.05, 0.1) is 0 Å². The first-order valence-corrected chi connectivity index (χ1v) is 5.04. The van der Waals surface area contributed by atoms with E-state index >= 15 is 0 Å². The van der Waals surface area contributed by atoms with Crippen LogP contribution in [0, 0.1) is 0 Å². The van der Waals surface area contributed by atoms with Crippen molar-refractivity contribution in [2.24, 2.45) is 0 Å². The van der Waals surface area contributed by atoms with Gasteiger partial charge in [-0.15, -0.1) is 0 Å². The standard InChI is InChI=1S/C10H22N2/c1-8-5-6-10(11-3)7-9(2)12(8)4/h8-11H,5-7H2,1-4H3. The van der Waals surface area contributed by atoms with Gasteiger partial charge in [-0.3, -0.25) is 0 Å². The number of hydrogen-bond donors (Lipinski definition) is 1. The molecule has 72 valence electrons. The molecule has 0 spiro atoms. The molecule has 2 heteroatoms. The molecule has 1 saturated heterocycles. The van der Waals surface area contributed by atoms with Gasteiger partial charge in [-0.1, -0.05) is 0 Å². The fourth-order valence-electron chi connectivity index (χ4n) is 2.04. The zero-order valence-electron chi connectivity index (χ0n) is 8.80. The van der Waals surface area contributed by atoms with Gasteiger partial charge < -0.3 is 10.2 Å². The van der Waals surface area contributed by atoms with Crippen molar-refractivity contribution >= 4 is 0 Å². The Morgan fingerprint density at radius 1 is 1.17 bits per heavy atom. The van der Waals surface area contributed by atoms with Crippen LogP contribution in [-0.2, 0) is 0 Å². The van der Waals surface area contributed by atoms with Crippen molar-refractivity contribution in [3.05, 3.63) is 0 Å². The minimum Gasteiger partial charge on any atom is -0.317 e. The fraction of sp³-hybridized carbons (Fsp3) is 1.00. The van der Waals surface area contributed by atoms with Crippen LogP contribution >= 0.6 is 0 Å². The van der Waals surface area contributed by atoms with Crippen molar-refractivity contribution < 1.29 is 0 Å². The molecule has 1 rings (SSSR count). The lowest BCUT2D eigenvalue weighted by Crippen LogP contribution is -2.36. The summed E-state index contributed by atoms with van der Waals surface area (Å²) in [5.41, 5.74) is 0. The zero-order chi connectivity index (χ0) is 9.14. The van der Waals surface area contributed by atoms with Crippen molar-refractivity contribution in [1.82, 2.24) is 10.2 Å². The van der Waals surface area contributed by atoms with Crippen LogP contribution in [0.1, 0.15) is 33.1 Å². The maximum atomic E-state index is 3.39. The number of rotatable bonds is 1. The third-order valence-corrected chi connectivity index (χ3v) is 3.36. The zero-order valence-corrected chi connectivity index (χ0v) is 8.80. The summed E-state index contributed by atoms with van der Waals surface area (Å²) in [6, 6.07) is 2.20. The van der Waals surface area contributed by atoms with Gasteiger partial charge in [0, 0.05) is 18.1 Å². The summed E-state index contributed by atoms with van der Waals surface area (Å²) in [7, 11) is 4.32. The number of nitrogens with one attached hydrogen (secondary N) is 1. The molecule has 1 heterocycles. The maximum absolute atomic E-state index is 3.39. The summed E-state index contributed by atoms with van der Waals surface area (Å²) in [6.45, 7) is 4.65. The van der Waals surface area contributed by atoms with E-state index in [-0.39, 0.29) is 0 Å². The first kappa shape index (κ1) is 10.0. The Kier molecular flexibility index (Phi) is 3.53. The topological polar surface area (TPSA) is 15.3 Å². The Morgan fingerprint density at radius 3 is 2.42 bits per heavy atom. The Hall–Kier alpha value is -0.0800. The molecule has 1 fully saturated rings. The first-order valence-electron chi connectivity index (χ1n) is 5.04. The van der Waals surface area contributed by atoms with Gasteiger partial charge in [-0.05, 0) is 47.2 Å². The quantitative estimate of drug-likeness (QED) is 0.641. The van der Waals surface area contributed by atoms with Gasteiger partial charge in [0.15, 0.2) is 0 Å². The average molecular weight is 170 g/mol. The largest absolute Gasteiger partial charge is 0.317 e. The molecule has 1 aliphatic heterocycles. The van der Waals surface area contributed by atoms with Crippen LogP contribution in [0.3, 0.4) is 0 Å². The van der Waals surface area contributed by atoms with Crippen LogP contribution in [0.15, 0.2) is 0 Å². The van der Waals surface area contributed by atoms with Gasteiger partial charge in [0.25, 0.3) is 0 Å². The number of hydrogen-bond acceptors (Lipinski definition) is 2. The van der Waals surface area contributed by atoms with Crippen molar-refractivity contribution in [1.29, 1.82) is 0 Å². The molecule has 3 atom stereocenters. The molecule has 1 N–H and O–H groups in total. The summed E-state index contributed by atoms with van der Waals surface area (Å²) in [5, 5.41) is 3.39. The van der Waals surface area contributed by atoms with Crippen LogP contribution in [-0.4, -0.2) is 37.1 Å². The monoisotopic (exact) mass is 170 g/mol. The molecule has 12 heavy (non-hydrogen) atoms. The van der Waals surface area contributed by atoms with E-state index in [0.29, 0.717) is 0 Å². The highest BCUT2D eigenvalue weighted by atomic mass is 15.2. The third-order valence-electron chi connectivity index (χ3n) is 3.36. The fourth-order valence-corrected chi connectivity index (χ4v) is 2.04. The molecule has 2 nitrogen and oxygen atoms in total. The summed E-state index contributed by atoms with van der Waals surface area (Å²) in [6.07, 6.45) is 3.94. The second kappa shape index (κ2) is 4.24. The Labute approximate surface area is 76.3 Å². The molecule has 0 aliphatic carbocycles. The molecule has 0 radical (unpaired) electrons. The molecular formula is C10H22N2. The van der Waals surface area contributed by atoms with Crippen molar-refractivity contribution in [2.45, 2.75) is 51.2 Å². The molecule has 0 aromatic heterocycles. The van der Waals surface area contributed by atoms with E-state index in [1.807, 2.05) is 0 Å². The van der Waals surface area contributed by atoms with Gasteiger partial charge in [0.2, 0.25) is 0 Å². The van der Waals surface area contributed by atoms with E-state index in [4.69, 9.17) is 0 Å². The molecule has 1 aliphatic rings. The predicted octanol–water partition coefficient (Wildman–Crippen LogP) is 1.47. The number of likely N-dealkylation sites (tertiary alicyclic amines) is 1. The van der Waals surface area contributed by atoms with Crippen LogP contribution in [0.2, 0.25) is 0 Å². The molecular weight excluding hydrogens is 148 g/mol. The van der Waals surface area contributed by atoms with Gasteiger partial charge in [-0.25, -0.2) is 0 Å². The van der Waals surface area contributed by atoms with Crippen LogP contribution in [0.5, 0.6) is 0 Å². The minimum absolute atomic E-state index is 0.722. The minimum atomic E-state index is 0.722. The Bertz CT molecular complexity index is 136. The second-order valence-electron chi connectivity index (χ2n) is 4.16. The highest BCUT2D eigenvalue weighted by molar-refractivity contribution is 4.81. The predicted molar refractivity (Wildman–Crippen MR) is 53.4 cm³/mol. The smallest absolute Gasteiger partial charge is 0.00815 e. The van der Waals surface area contributed by atoms with E-state index in [1.54, 1.807) is 0 Å². The second-order valence-corrected chi connectivity index (χ2v) is 4.16. The van der Waals surface area contributed by atoms with E-state index in [1.165, 1.54) is 19.3 Å².